The molecule has 2 aliphatic rings. The molecule has 2 fully saturated rings. The van der Waals surface area contributed by atoms with Gasteiger partial charge in [0.2, 0.25) is 5.91 Å². The summed E-state index contributed by atoms with van der Waals surface area (Å²) in [4.78, 5) is 14.5. The molecule has 4 heteroatoms. The summed E-state index contributed by atoms with van der Waals surface area (Å²) in [5.74, 6) is 0.231. The fourth-order valence-electron chi connectivity index (χ4n) is 3.44. The molecular weight excluding hydrogens is 238 g/mol. The van der Waals surface area contributed by atoms with Crippen molar-refractivity contribution in [1.29, 1.82) is 0 Å². The van der Waals surface area contributed by atoms with Gasteiger partial charge in [-0.3, -0.25) is 9.69 Å². The lowest BCUT2D eigenvalue weighted by Crippen LogP contribution is -2.50. The third-order valence-corrected chi connectivity index (χ3v) is 4.51. The SMILES string of the molecule is CNCC1CCCCN1CC(=O)NC1CCCCC1. The van der Waals surface area contributed by atoms with Gasteiger partial charge in [-0.05, 0) is 39.3 Å². The minimum Gasteiger partial charge on any atom is -0.352 e. The summed E-state index contributed by atoms with van der Waals surface area (Å²) < 4.78 is 0. The molecule has 0 radical (unpaired) electrons. The molecule has 2 N–H and O–H groups in total. The summed E-state index contributed by atoms with van der Waals surface area (Å²) in [5.41, 5.74) is 0. The Labute approximate surface area is 117 Å². The third kappa shape index (κ3) is 4.77. The Morgan fingerprint density at radius 3 is 2.58 bits per heavy atom. The number of amides is 1. The Morgan fingerprint density at radius 2 is 1.84 bits per heavy atom. The number of hydrogen-bond donors (Lipinski definition) is 2. The summed E-state index contributed by atoms with van der Waals surface area (Å²) in [7, 11) is 1.99. The molecule has 110 valence electrons. The maximum Gasteiger partial charge on any atom is 0.234 e. The summed E-state index contributed by atoms with van der Waals surface area (Å²) in [6.07, 6.45) is 9.98. The van der Waals surface area contributed by atoms with Crippen molar-refractivity contribution in [2.24, 2.45) is 0 Å². The van der Waals surface area contributed by atoms with Gasteiger partial charge >= 0.3 is 0 Å². The molecule has 1 aliphatic carbocycles. The lowest BCUT2D eigenvalue weighted by atomic mass is 9.95. The van der Waals surface area contributed by atoms with Crippen molar-refractivity contribution in [3.05, 3.63) is 0 Å². The minimum atomic E-state index is 0.231. The van der Waals surface area contributed by atoms with Crippen molar-refractivity contribution in [2.45, 2.75) is 63.5 Å². The van der Waals surface area contributed by atoms with Crippen LogP contribution in [-0.2, 0) is 4.79 Å². The van der Waals surface area contributed by atoms with Crippen molar-refractivity contribution >= 4 is 5.91 Å². The summed E-state index contributed by atoms with van der Waals surface area (Å²) in [5, 5.41) is 6.48. The van der Waals surface area contributed by atoms with Gasteiger partial charge in [0.25, 0.3) is 0 Å². The monoisotopic (exact) mass is 267 g/mol. The van der Waals surface area contributed by atoms with Crippen LogP contribution in [0.3, 0.4) is 0 Å². The second-order valence-corrected chi connectivity index (χ2v) is 6.08. The lowest BCUT2D eigenvalue weighted by Gasteiger charge is -2.35. The summed E-state index contributed by atoms with van der Waals surface area (Å²) >= 11 is 0. The molecule has 1 saturated heterocycles. The van der Waals surface area contributed by atoms with Crippen molar-refractivity contribution in [1.82, 2.24) is 15.5 Å². The lowest BCUT2D eigenvalue weighted by molar-refractivity contribution is -0.124. The molecule has 1 heterocycles. The van der Waals surface area contributed by atoms with Crippen LogP contribution in [0.5, 0.6) is 0 Å². The molecule has 1 saturated carbocycles. The Bertz CT molecular complexity index is 275. The molecule has 0 aromatic rings. The fourth-order valence-corrected chi connectivity index (χ4v) is 3.44. The first-order chi connectivity index (χ1) is 9.29. The van der Waals surface area contributed by atoms with E-state index in [9.17, 15) is 4.79 Å². The van der Waals surface area contributed by atoms with Crippen LogP contribution in [0.2, 0.25) is 0 Å². The Hall–Kier alpha value is -0.610. The van der Waals surface area contributed by atoms with Crippen molar-refractivity contribution < 1.29 is 4.79 Å². The Balaban J connectivity index is 1.75. The largest absolute Gasteiger partial charge is 0.352 e. The minimum absolute atomic E-state index is 0.231. The molecule has 1 amide bonds. The number of hydrogen-bond acceptors (Lipinski definition) is 3. The molecule has 4 nitrogen and oxygen atoms in total. The van der Waals surface area contributed by atoms with E-state index in [0.29, 0.717) is 18.6 Å². The van der Waals surface area contributed by atoms with Crippen molar-refractivity contribution in [3.8, 4) is 0 Å². The molecule has 19 heavy (non-hydrogen) atoms. The molecule has 0 aromatic carbocycles. The van der Waals surface area contributed by atoms with Gasteiger partial charge in [-0.15, -0.1) is 0 Å². The van der Waals surface area contributed by atoms with E-state index in [-0.39, 0.29) is 5.91 Å². The smallest absolute Gasteiger partial charge is 0.234 e. The van der Waals surface area contributed by atoms with Crippen LogP contribution < -0.4 is 10.6 Å². The number of likely N-dealkylation sites (tertiary alicyclic amines) is 1. The van der Waals surface area contributed by atoms with Gasteiger partial charge in [-0.2, -0.15) is 0 Å². The summed E-state index contributed by atoms with van der Waals surface area (Å²) in [6, 6.07) is 0.977. The highest BCUT2D eigenvalue weighted by molar-refractivity contribution is 5.78. The van der Waals surface area contributed by atoms with Gasteiger partial charge in [0.1, 0.15) is 0 Å². The molecule has 0 spiro atoms. The number of nitrogens with one attached hydrogen (secondary N) is 2. The molecular formula is C15H29N3O. The zero-order valence-electron chi connectivity index (χ0n) is 12.3. The average Bonchev–Trinajstić information content (AvgIpc) is 2.42. The fraction of sp³-hybridized carbons (Fsp3) is 0.933. The zero-order chi connectivity index (χ0) is 13.5. The second kappa shape index (κ2) is 7.85. The van der Waals surface area contributed by atoms with Crippen LogP contribution in [0.15, 0.2) is 0 Å². The number of carbonyl (C=O) groups excluding carboxylic acids is 1. The van der Waals surface area contributed by atoms with E-state index in [1.807, 2.05) is 7.05 Å². The maximum absolute atomic E-state index is 12.2. The maximum atomic E-state index is 12.2. The molecule has 0 aromatic heterocycles. The van der Waals surface area contributed by atoms with Crippen LogP contribution in [0, 0.1) is 0 Å². The average molecular weight is 267 g/mol. The van der Waals surface area contributed by atoms with E-state index >= 15 is 0 Å². The Morgan fingerprint density at radius 1 is 1.11 bits per heavy atom. The topological polar surface area (TPSA) is 44.4 Å². The second-order valence-electron chi connectivity index (χ2n) is 6.08. The van der Waals surface area contributed by atoms with Gasteiger partial charge in [0.15, 0.2) is 0 Å². The van der Waals surface area contributed by atoms with Gasteiger partial charge in [0.05, 0.1) is 6.54 Å². The van der Waals surface area contributed by atoms with E-state index in [4.69, 9.17) is 0 Å². The number of carbonyl (C=O) groups is 1. The van der Waals surface area contributed by atoms with Crippen molar-refractivity contribution in [2.75, 3.05) is 26.7 Å². The van der Waals surface area contributed by atoms with Crippen LogP contribution in [0.4, 0.5) is 0 Å². The van der Waals surface area contributed by atoms with Crippen LogP contribution in [-0.4, -0.2) is 49.6 Å². The molecule has 2 rings (SSSR count). The highest BCUT2D eigenvalue weighted by Gasteiger charge is 2.24. The normalized spacial score (nSPS) is 26.3. The van der Waals surface area contributed by atoms with E-state index in [1.54, 1.807) is 0 Å². The first-order valence-corrected chi connectivity index (χ1v) is 7.97. The van der Waals surface area contributed by atoms with Crippen LogP contribution in [0.1, 0.15) is 51.4 Å². The van der Waals surface area contributed by atoms with Gasteiger partial charge in [-0.25, -0.2) is 0 Å². The van der Waals surface area contributed by atoms with Crippen LogP contribution in [0.25, 0.3) is 0 Å². The third-order valence-electron chi connectivity index (χ3n) is 4.51. The predicted octanol–water partition coefficient (Wildman–Crippen LogP) is 1.51. The number of nitrogens with zero attached hydrogens (tertiary/aromatic N) is 1. The highest BCUT2D eigenvalue weighted by atomic mass is 16.2. The standard InChI is InChI=1S/C15H29N3O/c1-16-11-14-9-5-6-10-18(14)12-15(19)17-13-7-3-2-4-8-13/h13-14,16H,2-12H2,1H3,(H,17,19). The van der Waals surface area contributed by atoms with Gasteiger partial charge < -0.3 is 10.6 Å². The molecule has 1 aliphatic heterocycles. The quantitative estimate of drug-likeness (QED) is 0.793. The first kappa shape index (κ1) is 14.8. The molecule has 0 bridgehead atoms. The summed E-state index contributed by atoms with van der Waals surface area (Å²) in [6.45, 7) is 2.66. The van der Waals surface area contributed by atoms with E-state index in [1.165, 1.54) is 51.4 Å². The molecule has 1 atom stereocenters. The number of likely N-dealkylation sites (N-methyl/N-ethyl adjacent to an activating group) is 1. The molecule has 1 unspecified atom stereocenters. The highest BCUT2D eigenvalue weighted by Crippen LogP contribution is 2.18. The van der Waals surface area contributed by atoms with Gasteiger partial charge in [-0.1, -0.05) is 25.7 Å². The Kier molecular flexibility index (Phi) is 6.11. The van der Waals surface area contributed by atoms with Crippen LogP contribution >= 0.6 is 0 Å². The predicted molar refractivity (Wildman–Crippen MR) is 78.2 cm³/mol. The van der Waals surface area contributed by atoms with Gasteiger partial charge in [0, 0.05) is 18.6 Å². The number of rotatable bonds is 5. The van der Waals surface area contributed by atoms with E-state index in [0.717, 1.165) is 13.1 Å². The number of piperidine rings is 1. The van der Waals surface area contributed by atoms with E-state index < -0.39 is 0 Å². The van der Waals surface area contributed by atoms with E-state index in [2.05, 4.69) is 15.5 Å². The van der Waals surface area contributed by atoms with Crippen molar-refractivity contribution in [3.63, 3.8) is 0 Å². The first-order valence-electron chi connectivity index (χ1n) is 7.97. The zero-order valence-corrected chi connectivity index (χ0v) is 12.3.